The number of thioether (sulfide) groups is 1. The van der Waals surface area contributed by atoms with Crippen molar-refractivity contribution in [3.8, 4) is 0 Å². The van der Waals surface area contributed by atoms with Crippen molar-refractivity contribution in [1.29, 1.82) is 0 Å². The van der Waals surface area contributed by atoms with Crippen LogP contribution in [0.15, 0.2) is 24.3 Å². The summed E-state index contributed by atoms with van der Waals surface area (Å²) in [4.78, 5) is 12.0. The molecular formula is C14H20N2O2S. The SMILES string of the molecule is O=C(NCCSCCCO)[C@@H]1Cc2ccccc2N1. The molecule has 0 bridgehead atoms. The van der Waals surface area contributed by atoms with Gasteiger partial charge in [-0.1, -0.05) is 18.2 Å². The molecule has 1 aromatic rings. The third-order valence-corrected chi connectivity index (χ3v) is 4.15. The van der Waals surface area contributed by atoms with Gasteiger partial charge in [0.05, 0.1) is 0 Å². The van der Waals surface area contributed by atoms with Crippen molar-refractivity contribution in [3.05, 3.63) is 29.8 Å². The van der Waals surface area contributed by atoms with Crippen LogP contribution >= 0.6 is 11.8 Å². The summed E-state index contributed by atoms with van der Waals surface area (Å²) in [5.74, 6) is 1.91. The molecule has 0 unspecified atom stereocenters. The van der Waals surface area contributed by atoms with E-state index in [0.29, 0.717) is 6.54 Å². The quantitative estimate of drug-likeness (QED) is 0.658. The summed E-state index contributed by atoms with van der Waals surface area (Å²) in [6.07, 6.45) is 1.58. The predicted octanol–water partition coefficient (Wildman–Crippen LogP) is 1.25. The first-order valence-electron chi connectivity index (χ1n) is 6.62. The van der Waals surface area contributed by atoms with E-state index in [1.807, 2.05) is 18.2 Å². The van der Waals surface area contributed by atoms with Gasteiger partial charge >= 0.3 is 0 Å². The Bertz CT molecular complexity index is 401. The Kier molecular flexibility index (Phi) is 5.54. The third kappa shape index (κ3) is 4.14. The molecule has 1 atom stereocenters. The van der Waals surface area contributed by atoms with E-state index in [0.717, 1.165) is 30.0 Å². The molecule has 0 spiro atoms. The fourth-order valence-corrected chi connectivity index (χ4v) is 2.88. The van der Waals surface area contributed by atoms with Crippen LogP contribution in [0.5, 0.6) is 0 Å². The highest BCUT2D eigenvalue weighted by Crippen LogP contribution is 2.24. The zero-order valence-electron chi connectivity index (χ0n) is 10.9. The standard InChI is InChI=1S/C14H20N2O2S/c17-7-3-8-19-9-6-15-14(18)13-10-11-4-1-2-5-12(11)16-13/h1-2,4-5,13,16-17H,3,6-10H2,(H,15,18)/t13-/m0/s1. The highest BCUT2D eigenvalue weighted by molar-refractivity contribution is 7.99. The molecule has 3 N–H and O–H groups in total. The zero-order valence-corrected chi connectivity index (χ0v) is 11.7. The largest absolute Gasteiger partial charge is 0.396 e. The molecule has 0 radical (unpaired) electrons. The van der Waals surface area contributed by atoms with Gasteiger partial charge in [0.2, 0.25) is 5.91 Å². The third-order valence-electron chi connectivity index (χ3n) is 3.08. The van der Waals surface area contributed by atoms with Gasteiger partial charge in [0.15, 0.2) is 0 Å². The maximum atomic E-state index is 12.0. The van der Waals surface area contributed by atoms with Crippen molar-refractivity contribution < 1.29 is 9.90 Å². The minimum absolute atomic E-state index is 0.0685. The Hall–Kier alpha value is -1.20. The summed E-state index contributed by atoms with van der Waals surface area (Å²) in [6.45, 7) is 0.924. The Morgan fingerprint density at radius 3 is 3.05 bits per heavy atom. The van der Waals surface area contributed by atoms with E-state index in [1.165, 1.54) is 5.56 Å². The molecule has 1 aromatic carbocycles. The second-order valence-electron chi connectivity index (χ2n) is 4.54. The molecule has 0 saturated carbocycles. The van der Waals surface area contributed by atoms with Crippen LogP contribution in [0.25, 0.3) is 0 Å². The highest BCUT2D eigenvalue weighted by atomic mass is 32.2. The van der Waals surface area contributed by atoms with Crippen LogP contribution in [0.2, 0.25) is 0 Å². The summed E-state index contributed by atoms with van der Waals surface area (Å²) in [7, 11) is 0. The number of aliphatic hydroxyl groups excluding tert-OH is 1. The van der Waals surface area contributed by atoms with E-state index >= 15 is 0 Å². The smallest absolute Gasteiger partial charge is 0.242 e. The summed E-state index contributed by atoms with van der Waals surface area (Å²) >= 11 is 1.75. The van der Waals surface area contributed by atoms with Crippen LogP contribution < -0.4 is 10.6 Å². The second kappa shape index (κ2) is 7.40. The zero-order chi connectivity index (χ0) is 13.5. The van der Waals surface area contributed by atoms with Gasteiger partial charge in [0.25, 0.3) is 0 Å². The first-order chi connectivity index (χ1) is 9.31. The van der Waals surface area contributed by atoms with Crippen LogP contribution in [0.1, 0.15) is 12.0 Å². The number of carbonyl (C=O) groups excluding carboxylic acids is 1. The molecule has 19 heavy (non-hydrogen) atoms. The summed E-state index contributed by atoms with van der Waals surface area (Å²) < 4.78 is 0. The van der Waals surface area contributed by atoms with Crippen LogP contribution in [0.4, 0.5) is 5.69 Å². The van der Waals surface area contributed by atoms with Crippen molar-refractivity contribution in [2.75, 3.05) is 30.0 Å². The molecule has 0 fully saturated rings. The van der Waals surface area contributed by atoms with E-state index in [9.17, 15) is 4.79 Å². The van der Waals surface area contributed by atoms with Gasteiger partial charge in [0.1, 0.15) is 6.04 Å². The molecule has 0 aromatic heterocycles. The van der Waals surface area contributed by atoms with Crippen LogP contribution in [0.3, 0.4) is 0 Å². The number of hydrogen-bond donors (Lipinski definition) is 3. The molecule has 1 amide bonds. The summed E-state index contributed by atoms with van der Waals surface area (Å²) in [6, 6.07) is 7.90. The van der Waals surface area contributed by atoms with E-state index < -0.39 is 0 Å². The van der Waals surface area contributed by atoms with Crippen LogP contribution in [-0.2, 0) is 11.2 Å². The average Bonchev–Trinajstić information content (AvgIpc) is 2.86. The fraction of sp³-hybridized carbons (Fsp3) is 0.500. The van der Waals surface area contributed by atoms with Gasteiger partial charge < -0.3 is 15.7 Å². The van der Waals surface area contributed by atoms with Crippen molar-refractivity contribution >= 4 is 23.4 Å². The van der Waals surface area contributed by atoms with Crippen LogP contribution in [-0.4, -0.2) is 41.7 Å². The maximum Gasteiger partial charge on any atom is 0.242 e. The van der Waals surface area contributed by atoms with E-state index in [1.54, 1.807) is 11.8 Å². The second-order valence-corrected chi connectivity index (χ2v) is 5.76. The molecule has 2 rings (SSSR count). The Labute approximate surface area is 118 Å². The van der Waals surface area contributed by atoms with Gasteiger partial charge in [-0.25, -0.2) is 0 Å². The Morgan fingerprint density at radius 1 is 1.42 bits per heavy atom. The predicted molar refractivity (Wildman–Crippen MR) is 79.6 cm³/mol. The lowest BCUT2D eigenvalue weighted by molar-refractivity contribution is -0.121. The number of benzene rings is 1. The summed E-state index contributed by atoms with van der Waals surface area (Å²) in [5, 5.41) is 14.8. The number of hydrogen-bond acceptors (Lipinski definition) is 4. The number of carbonyl (C=O) groups is 1. The minimum atomic E-state index is -0.139. The fourth-order valence-electron chi connectivity index (χ4n) is 2.09. The van der Waals surface area contributed by atoms with Crippen molar-refractivity contribution in [2.24, 2.45) is 0 Å². The molecule has 0 saturated heterocycles. The average molecular weight is 280 g/mol. The highest BCUT2D eigenvalue weighted by Gasteiger charge is 2.25. The minimum Gasteiger partial charge on any atom is -0.396 e. The summed E-state index contributed by atoms with van der Waals surface area (Å²) in [5.41, 5.74) is 2.28. The van der Waals surface area contributed by atoms with E-state index in [4.69, 9.17) is 5.11 Å². The number of para-hydroxylation sites is 1. The Morgan fingerprint density at radius 2 is 2.26 bits per heavy atom. The van der Waals surface area contributed by atoms with Crippen molar-refractivity contribution in [3.63, 3.8) is 0 Å². The molecular weight excluding hydrogens is 260 g/mol. The lowest BCUT2D eigenvalue weighted by Crippen LogP contribution is -2.39. The van der Waals surface area contributed by atoms with Gasteiger partial charge in [-0.05, 0) is 23.8 Å². The Balaban J connectivity index is 1.66. The number of nitrogens with one attached hydrogen (secondary N) is 2. The lowest BCUT2D eigenvalue weighted by atomic mass is 10.1. The van der Waals surface area contributed by atoms with Crippen molar-refractivity contribution in [1.82, 2.24) is 5.32 Å². The van der Waals surface area contributed by atoms with Gasteiger partial charge in [-0.2, -0.15) is 11.8 Å². The van der Waals surface area contributed by atoms with E-state index in [-0.39, 0.29) is 18.6 Å². The maximum absolute atomic E-state index is 12.0. The first kappa shape index (κ1) is 14.2. The molecule has 0 aliphatic carbocycles. The lowest BCUT2D eigenvalue weighted by Gasteiger charge is -2.11. The van der Waals surface area contributed by atoms with Gasteiger partial charge in [-0.15, -0.1) is 0 Å². The van der Waals surface area contributed by atoms with Gasteiger partial charge in [0, 0.05) is 31.0 Å². The number of fused-ring (bicyclic) bond motifs is 1. The van der Waals surface area contributed by atoms with Crippen LogP contribution in [0, 0.1) is 0 Å². The normalized spacial score (nSPS) is 16.8. The molecule has 104 valence electrons. The molecule has 5 heteroatoms. The number of amides is 1. The molecule has 1 aliphatic rings. The van der Waals surface area contributed by atoms with E-state index in [2.05, 4.69) is 16.7 Å². The topological polar surface area (TPSA) is 61.4 Å². The molecule has 1 heterocycles. The molecule has 4 nitrogen and oxygen atoms in total. The number of anilines is 1. The van der Waals surface area contributed by atoms with Gasteiger partial charge in [-0.3, -0.25) is 4.79 Å². The number of aliphatic hydroxyl groups is 1. The van der Waals surface area contributed by atoms with Crippen molar-refractivity contribution in [2.45, 2.75) is 18.9 Å². The monoisotopic (exact) mass is 280 g/mol. The number of rotatable bonds is 7. The first-order valence-corrected chi connectivity index (χ1v) is 7.77. The molecule has 1 aliphatic heterocycles.